The van der Waals surface area contributed by atoms with Crippen molar-refractivity contribution in [1.29, 1.82) is 0 Å². The highest BCUT2D eigenvalue weighted by Gasteiger charge is 2.44. The van der Waals surface area contributed by atoms with Gasteiger partial charge in [0.2, 0.25) is 6.71 Å². The lowest BCUT2D eigenvalue weighted by Gasteiger charge is -2.31. The molecular formula is C14H18BCl3. The Morgan fingerprint density at radius 3 is 2.39 bits per heavy atom. The molecule has 1 fully saturated rings. The Morgan fingerprint density at radius 1 is 1.00 bits per heavy atom. The summed E-state index contributed by atoms with van der Waals surface area (Å²) >= 11 is 19.7. The third-order valence-electron chi connectivity index (χ3n) is 3.78. The van der Waals surface area contributed by atoms with Crippen molar-refractivity contribution in [3.05, 3.63) is 30.3 Å². The van der Waals surface area contributed by atoms with E-state index < -0.39 is 4.23 Å². The molecule has 1 saturated heterocycles. The summed E-state index contributed by atoms with van der Waals surface area (Å²) in [5, 5.41) is -0.177. The Morgan fingerprint density at radius 2 is 1.67 bits per heavy atom. The second-order valence-corrected chi connectivity index (χ2v) is 7.07. The van der Waals surface area contributed by atoms with E-state index in [9.17, 15) is 0 Å². The van der Waals surface area contributed by atoms with Crippen LogP contribution < -0.4 is 5.46 Å². The molecule has 1 aromatic carbocycles. The molecule has 1 heterocycles. The number of alkyl halides is 3. The van der Waals surface area contributed by atoms with Gasteiger partial charge < -0.3 is 0 Å². The van der Waals surface area contributed by atoms with Crippen molar-refractivity contribution in [3.8, 4) is 0 Å². The summed E-state index contributed by atoms with van der Waals surface area (Å²) < 4.78 is -0.868. The number of halogens is 3. The number of hydrogen-bond donors (Lipinski definition) is 0. The van der Waals surface area contributed by atoms with Crippen molar-refractivity contribution >= 4 is 47.0 Å². The molecule has 1 atom stereocenters. The molecule has 18 heavy (non-hydrogen) atoms. The molecular weight excluding hydrogens is 285 g/mol. The Balaban J connectivity index is 2.27. The van der Waals surface area contributed by atoms with E-state index in [-0.39, 0.29) is 12.1 Å². The summed E-state index contributed by atoms with van der Waals surface area (Å²) in [5.41, 5.74) is 1.20. The van der Waals surface area contributed by atoms with Gasteiger partial charge >= 0.3 is 0 Å². The minimum atomic E-state index is -0.868. The van der Waals surface area contributed by atoms with Gasteiger partial charge in [-0.15, -0.1) is 34.8 Å². The van der Waals surface area contributed by atoms with E-state index in [1.807, 2.05) is 18.2 Å². The highest BCUT2D eigenvalue weighted by atomic mass is 35.5. The zero-order chi connectivity index (χ0) is 13.0. The van der Waals surface area contributed by atoms with Gasteiger partial charge in [-0.05, 0) is 6.42 Å². The van der Waals surface area contributed by atoms with Gasteiger partial charge in [-0.2, -0.15) is 0 Å². The van der Waals surface area contributed by atoms with Crippen molar-refractivity contribution in [2.75, 3.05) is 0 Å². The average molecular weight is 303 g/mol. The third-order valence-corrected chi connectivity index (χ3v) is 5.62. The largest absolute Gasteiger partial charge is 0.221 e. The van der Waals surface area contributed by atoms with E-state index in [4.69, 9.17) is 34.8 Å². The molecule has 2 rings (SSSR count). The first kappa shape index (κ1) is 14.6. The van der Waals surface area contributed by atoms with Crippen LogP contribution in [0.15, 0.2) is 30.3 Å². The van der Waals surface area contributed by atoms with Crippen molar-refractivity contribution in [2.45, 2.75) is 48.0 Å². The van der Waals surface area contributed by atoms with Gasteiger partial charge in [0.25, 0.3) is 0 Å². The maximum Gasteiger partial charge on any atom is 0.221 e. The van der Waals surface area contributed by atoms with Crippen molar-refractivity contribution in [3.63, 3.8) is 0 Å². The van der Waals surface area contributed by atoms with Crippen LogP contribution in [0.2, 0.25) is 6.32 Å². The normalized spacial score (nSPS) is 25.1. The maximum atomic E-state index is 6.61. The first-order chi connectivity index (χ1) is 8.62. The molecule has 0 aliphatic carbocycles. The third kappa shape index (κ3) is 3.38. The van der Waals surface area contributed by atoms with E-state index in [0.29, 0.717) is 0 Å². The van der Waals surface area contributed by atoms with Crippen LogP contribution in [0.1, 0.15) is 32.1 Å². The van der Waals surface area contributed by atoms with E-state index in [1.165, 1.54) is 24.7 Å². The highest BCUT2D eigenvalue weighted by Crippen LogP contribution is 2.38. The second-order valence-electron chi connectivity index (χ2n) is 5.10. The second kappa shape index (κ2) is 6.54. The van der Waals surface area contributed by atoms with Crippen LogP contribution in [-0.4, -0.2) is 16.3 Å². The number of rotatable bonds is 1. The fourth-order valence-corrected chi connectivity index (χ4v) is 3.70. The predicted octanol–water partition coefficient (Wildman–Crippen LogP) is 4.67. The summed E-state index contributed by atoms with van der Waals surface area (Å²) in [6.07, 6.45) is 6.69. The summed E-state index contributed by atoms with van der Waals surface area (Å²) in [6.45, 7) is 0.127. The lowest BCUT2D eigenvalue weighted by Crippen LogP contribution is -2.51. The molecule has 0 N–H and O–H groups in total. The van der Waals surface area contributed by atoms with Crippen LogP contribution >= 0.6 is 34.8 Å². The number of benzene rings is 1. The highest BCUT2D eigenvalue weighted by molar-refractivity contribution is 6.92. The quantitative estimate of drug-likeness (QED) is 0.522. The molecule has 0 aromatic heterocycles. The van der Waals surface area contributed by atoms with Gasteiger partial charge in [0.05, 0.1) is 5.38 Å². The van der Waals surface area contributed by atoms with E-state index in [2.05, 4.69) is 12.1 Å². The van der Waals surface area contributed by atoms with E-state index in [1.54, 1.807) is 0 Å². The minimum absolute atomic E-state index is 0.127. The standard InChI is InChI=1S/C14H18BCl3/c16-13-10-6-1-2-7-11-15(14(13,17)18)12-8-4-3-5-9-12/h3-5,8-9,13H,1-2,6-7,10-11H2. The summed E-state index contributed by atoms with van der Waals surface area (Å²) in [5.74, 6) is 0. The SMILES string of the molecule is ClC1CCCCCCB(c2ccccc2)C1(Cl)Cl. The van der Waals surface area contributed by atoms with Crippen LogP contribution in [0.4, 0.5) is 0 Å². The molecule has 1 aliphatic heterocycles. The van der Waals surface area contributed by atoms with Crippen LogP contribution in [0.25, 0.3) is 0 Å². The van der Waals surface area contributed by atoms with Gasteiger partial charge in [0, 0.05) is 0 Å². The Labute approximate surface area is 125 Å². The van der Waals surface area contributed by atoms with E-state index in [0.717, 1.165) is 19.2 Å². The Kier molecular flexibility index (Phi) is 5.29. The minimum Gasteiger partial charge on any atom is -0.121 e. The summed E-state index contributed by atoms with van der Waals surface area (Å²) in [6, 6.07) is 10.3. The van der Waals surface area contributed by atoms with Gasteiger partial charge in [0.15, 0.2) is 0 Å². The van der Waals surface area contributed by atoms with Crippen molar-refractivity contribution in [1.82, 2.24) is 0 Å². The molecule has 0 amide bonds. The zero-order valence-electron chi connectivity index (χ0n) is 10.4. The number of hydrogen-bond acceptors (Lipinski definition) is 0. The molecule has 0 nitrogen and oxygen atoms in total. The molecule has 0 bridgehead atoms. The fraction of sp³-hybridized carbons (Fsp3) is 0.571. The lowest BCUT2D eigenvalue weighted by molar-refractivity contribution is 0.627. The predicted molar refractivity (Wildman–Crippen MR) is 83.8 cm³/mol. The van der Waals surface area contributed by atoms with Gasteiger partial charge in [-0.1, -0.05) is 67.8 Å². The van der Waals surface area contributed by atoms with Gasteiger partial charge in [-0.25, -0.2) is 0 Å². The van der Waals surface area contributed by atoms with Crippen LogP contribution in [0.3, 0.4) is 0 Å². The average Bonchev–Trinajstić information content (AvgIpc) is 2.43. The molecule has 98 valence electrons. The first-order valence-corrected chi connectivity index (χ1v) is 7.88. The first-order valence-electron chi connectivity index (χ1n) is 6.69. The monoisotopic (exact) mass is 302 g/mol. The zero-order valence-corrected chi connectivity index (χ0v) is 12.7. The summed E-state index contributed by atoms with van der Waals surface area (Å²) in [4.78, 5) is 0. The van der Waals surface area contributed by atoms with Crippen LogP contribution in [0.5, 0.6) is 0 Å². The topological polar surface area (TPSA) is 0 Å². The molecule has 0 radical (unpaired) electrons. The van der Waals surface area contributed by atoms with Crippen molar-refractivity contribution < 1.29 is 0 Å². The Bertz CT molecular complexity index is 367. The maximum absolute atomic E-state index is 6.61. The van der Waals surface area contributed by atoms with Crippen LogP contribution in [-0.2, 0) is 0 Å². The summed E-state index contributed by atoms with van der Waals surface area (Å²) in [7, 11) is 0. The molecule has 1 aliphatic rings. The van der Waals surface area contributed by atoms with Crippen LogP contribution in [0, 0.1) is 0 Å². The molecule has 0 saturated carbocycles. The van der Waals surface area contributed by atoms with Gasteiger partial charge in [-0.3, -0.25) is 0 Å². The van der Waals surface area contributed by atoms with Crippen molar-refractivity contribution in [2.24, 2.45) is 0 Å². The molecule has 0 spiro atoms. The molecule has 1 aromatic rings. The smallest absolute Gasteiger partial charge is 0.121 e. The van der Waals surface area contributed by atoms with E-state index >= 15 is 0 Å². The fourth-order valence-electron chi connectivity index (χ4n) is 2.70. The molecule has 4 heteroatoms. The Hall–Kier alpha value is 0.155. The van der Waals surface area contributed by atoms with Gasteiger partial charge in [0.1, 0.15) is 4.23 Å². The molecule has 1 unspecified atom stereocenters. The lowest BCUT2D eigenvalue weighted by atomic mass is 9.39.